The number of nitrogens with zero attached hydrogens (tertiary/aromatic N) is 2. The van der Waals surface area contributed by atoms with Crippen molar-refractivity contribution in [3.63, 3.8) is 0 Å². The SMILES string of the molecule is CC(C)(C)OC(=O)NCCOc1ccnc(-c2ccnc(C=O)c2)c1. The molecule has 0 saturated carbocycles. The summed E-state index contributed by atoms with van der Waals surface area (Å²) in [7, 11) is 0. The number of alkyl carbamates (subject to hydrolysis) is 1. The summed E-state index contributed by atoms with van der Waals surface area (Å²) < 4.78 is 10.7. The van der Waals surface area contributed by atoms with Crippen LogP contribution in [0.25, 0.3) is 11.3 Å². The first-order chi connectivity index (χ1) is 11.9. The van der Waals surface area contributed by atoms with Crippen LogP contribution in [-0.4, -0.2) is 41.1 Å². The number of pyridine rings is 2. The van der Waals surface area contributed by atoms with Crippen molar-refractivity contribution in [2.45, 2.75) is 26.4 Å². The average Bonchev–Trinajstić information content (AvgIpc) is 2.57. The standard InChI is InChI=1S/C18H21N3O4/c1-18(2,3)25-17(23)21-8-9-24-15-5-7-20-16(11-15)13-4-6-19-14(10-13)12-22/h4-7,10-12H,8-9H2,1-3H3,(H,21,23). The minimum absolute atomic E-state index is 0.290. The molecule has 0 spiro atoms. The molecule has 0 aliphatic heterocycles. The van der Waals surface area contributed by atoms with Gasteiger partial charge in [0, 0.05) is 24.0 Å². The highest BCUT2D eigenvalue weighted by molar-refractivity contribution is 5.75. The fourth-order valence-corrected chi connectivity index (χ4v) is 1.97. The van der Waals surface area contributed by atoms with Gasteiger partial charge in [0.15, 0.2) is 6.29 Å². The lowest BCUT2D eigenvalue weighted by Crippen LogP contribution is -2.34. The molecule has 0 fully saturated rings. The largest absolute Gasteiger partial charge is 0.492 e. The van der Waals surface area contributed by atoms with E-state index in [1.807, 2.05) is 0 Å². The first kappa shape index (κ1) is 18.4. The Bertz CT molecular complexity index is 741. The third-order valence-corrected chi connectivity index (χ3v) is 2.97. The molecule has 1 N–H and O–H groups in total. The lowest BCUT2D eigenvalue weighted by Gasteiger charge is -2.19. The van der Waals surface area contributed by atoms with Crippen molar-refractivity contribution in [3.05, 3.63) is 42.4 Å². The Morgan fingerprint density at radius 2 is 1.96 bits per heavy atom. The Morgan fingerprint density at radius 3 is 2.68 bits per heavy atom. The van der Waals surface area contributed by atoms with Crippen LogP contribution in [0.3, 0.4) is 0 Å². The van der Waals surface area contributed by atoms with Crippen molar-refractivity contribution < 1.29 is 19.1 Å². The molecular weight excluding hydrogens is 322 g/mol. The second kappa shape index (κ2) is 8.23. The molecule has 2 aromatic rings. The van der Waals surface area contributed by atoms with Crippen LogP contribution in [-0.2, 0) is 4.74 Å². The maximum Gasteiger partial charge on any atom is 0.407 e. The molecule has 0 aliphatic carbocycles. The lowest BCUT2D eigenvalue weighted by molar-refractivity contribution is 0.0520. The van der Waals surface area contributed by atoms with E-state index in [9.17, 15) is 9.59 Å². The second-order valence-electron chi connectivity index (χ2n) is 6.24. The first-order valence-electron chi connectivity index (χ1n) is 7.85. The number of ether oxygens (including phenoxy) is 2. The van der Waals surface area contributed by atoms with Gasteiger partial charge in [0.2, 0.25) is 0 Å². The first-order valence-corrected chi connectivity index (χ1v) is 7.85. The highest BCUT2D eigenvalue weighted by Crippen LogP contribution is 2.21. The van der Waals surface area contributed by atoms with E-state index >= 15 is 0 Å². The maximum atomic E-state index is 11.5. The highest BCUT2D eigenvalue weighted by atomic mass is 16.6. The van der Waals surface area contributed by atoms with Crippen LogP contribution in [0.4, 0.5) is 4.79 Å². The van der Waals surface area contributed by atoms with E-state index in [0.717, 1.165) is 5.56 Å². The molecule has 0 atom stereocenters. The molecule has 2 rings (SSSR count). The van der Waals surface area contributed by atoms with E-state index < -0.39 is 11.7 Å². The zero-order chi connectivity index (χ0) is 18.3. The van der Waals surface area contributed by atoms with Crippen molar-refractivity contribution in [2.75, 3.05) is 13.2 Å². The number of aldehydes is 1. The zero-order valence-electron chi connectivity index (χ0n) is 14.5. The van der Waals surface area contributed by atoms with E-state index in [0.29, 0.717) is 36.6 Å². The highest BCUT2D eigenvalue weighted by Gasteiger charge is 2.15. The number of rotatable bonds is 6. The van der Waals surface area contributed by atoms with E-state index in [4.69, 9.17) is 9.47 Å². The monoisotopic (exact) mass is 343 g/mol. The van der Waals surface area contributed by atoms with Crippen molar-refractivity contribution in [1.82, 2.24) is 15.3 Å². The van der Waals surface area contributed by atoms with E-state index in [2.05, 4.69) is 15.3 Å². The second-order valence-corrected chi connectivity index (χ2v) is 6.24. The minimum atomic E-state index is -0.532. The number of nitrogens with one attached hydrogen (secondary N) is 1. The summed E-state index contributed by atoms with van der Waals surface area (Å²) in [5.41, 5.74) is 1.25. The zero-order valence-corrected chi connectivity index (χ0v) is 14.5. The quantitative estimate of drug-likeness (QED) is 0.641. The smallest absolute Gasteiger partial charge is 0.407 e. The molecule has 2 heterocycles. The summed E-state index contributed by atoms with van der Waals surface area (Å²) in [4.78, 5) is 30.6. The van der Waals surface area contributed by atoms with Crippen LogP contribution in [0.5, 0.6) is 5.75 Å². The molecule has 0 aromatic carbocycles. The summed E-state index contributed by atoms with van der Waals surface area (Å²) in [6, 6.07) is 6.91. The summed E-state index contributed by atoms with van der Waals surface area (Å²) in [6.07, 6.45) is 3.38. The van der Waals surface area contributed by atoms with Gasteiger partial charge in [0.05, 0.1) is 12.2 Å². The average molecular weight is 343 g/mol. The van der Waals surface area contributed by atoms with Crippen LogP contribution in [0, 0.1) is 0 Å². The molecule has 0 radical (unpaired) electrons. The Balaban J connectivity index is 1.89. The molecule has 1 amide bonds. The van der Waals surface area contributed by atoms with Gasteiger partial charge in [-0.25, -0.2) is 4.79 Å². The van der Waals surface area contributed by atoms with Crippen LogP contribution < -0.4 is 10.1 Å². The van der Waals surface area contributed by atoms with Crippen molar-refractivity contribution in [1.29, 1.82) is 0 Å². The third kappa shape index (κ3) is 6.21. The molecular formula is C18H21N3O4. The van der Waals surface area contributed by atoms with Gasteiger partial charge < -0.3 is 14.8 Å². The van der Waals surface area contributed by atoms with Gasteiger partial charge in [-0.15, -0.1) is 0 Å². The van der Waals surface area contributed by atoms with Crippen molar-refractivity contribution in [3.8, 4) is 17.0 Å². The van der Waals surface area contributed by atoms with E-state index in [-0.39, 0.29) is 0 Å². The maximum absolute atomic E-state index is 11.5. The summed E-state index contributed by atoms with van der Waals surface area (Å²) in [5, 5.41) is 2.62. The Labute approximate surface area is 146 Å². The van der Waals surface area contributed by atoms with Crippen molar-refractivity contribution >= 4 is 12.4 Å². The number of aromatic nitrogens is 2. The fourth-order valence-electron chi connectivity index (χ4n) is 1.97. The minimum Gasteiger partial charge on any atom is -0.492 e. The van der Waals surface area contributed by atoms with Gasteiger partial charge >= 0.3 is 6.09 Å². The number of hydrogen-bond donors (Lipinski definition) is 1. The van der Waals surface area contributed by atoms with Crippen molar-refractivity contribution in [2.24, 2.45) is 0 Å². The molecule has 132 valence electrons. The molecule has 2 aromatic heterocycles. The molecule has 0 saturated heterocycles. The van der Waals surface area contributed by atoms with Crippen LogP contribution in [0.1, 0.15) is 31.3 Å². The molecule has 0 aliphatic rings. The normalized spacial score (nSPS) is 10.8. The Hall–Kier alpha value is -2.96. The predicted octanol–water partition coefficient (Wildman–Crippen LogP) is 2.86. The van der Waals surface area contributed by atoms with Gasteiger partial charge in [0.25, 0.3) is 0 Å². The molecule has 7 heteroatoms. The number of carbonyl (C=O) groups excluding carboxylic acids is 2. The lowest BCUT2D eigenvalue weighted by atomic mass is 10.1. The van der Waals surface area contributed by atoms with E-state index in [1.54, 1.807) is 57.4 Å². The summed E-state index contributed by atoms with van der Waals surface area (Å²) in [6.45, 7) is 6.01. The molecule has 25 heavy (non-hydrogen) atoms. The molecule has 7 nitrogen and oxygen atoms in total. The van der Waals surface area contributed by atoms with Gasteiger partial charge in [-0.2, -0.15) is 0 Å². The summed E-state index contributed by atoms with van der Waals surface area (Å²) in [5.74, 6) is 0.612. The van der Waals surface area contributed by atoms with Gasteiger partial charge in [-0.05, 0) is 39.0 Å². The Morgan fingerprint density at radius 1 is 1.20 bits per heavy atom. The van der Waals surface area contributed by atoms with Gasteiger partial charge in [0.1, 0.15) is 23.7 Å². The van der Waals surface area contributed by atoms with Gasteiger partial charge in [-0.3, -0.25) is 14.8 Å². The van der Waals surface area contributed by atoms with Crippen LogP contribution in [0.15, 0.2) is 36.7 Å². The fraction of sp³-hybridized carbons (Fsp3) is 0.333. The topological polar surface area (TPSA) is 90.4 Å². The van der Waals surface area contributed by atoms with Crippen LogP contribution in [0.2, 0.25) is 0 Å². The number of amides is 1. The summed E-state index contributed by atoms with van der Waals surface area (Å²) >= 11 is 0. The molecule has 0 unspecified atom stereocenters. The van der Waals surface area contributed by atoms with Gasteiger partial charge in [-0.1, -0.05) is 0 Å². The Kier molecular flexibility index (Phi) is 6.05. The van der Waals surface area contributed by atoms with Crippen LogP contribution >= 0.6 is 0 Å². The third-order valence-electron chi connectivity index (χ3n) is 2.97. The predicted molar refractivity (Wildman–Crippen MR) is 92.6 cm³/mol. The number of carbonyl (C=O) groups is 2. The number of hydrogen-bond acceptors (Lipinski definition) is 6. The molecule has 0 bridgehead atoms. The van der Waals surface area contributed by atoms with E-state index in [1.165, 1.54) is 0 Å².